The van der Waals surface area contributed by atoms with Gasteiger partial charge in [0.05, 0.1) is 23.2 Å². The second-order valence-electron chi connectivity index (χ2n) is 9.87. The summed E-state index contributed by atoms with van der Waals surface area (Å²) < 4.78 is 1.93. The number of hydrogen-bond acceptors (Lipinski definition) is 8. The third-order valence-electron chi connectivity index (χ3n) is 7.73. The van der Waals surface area contributed by atoms with E-state index in [2.05, 4.69) is 32.8 Å². The Balaban J connectivity index is 1.38. The molecule has 0 spiro atoms. The molecule has 2 fully saturated rings. The van der Waals surface area contributed by atoms with Gasteiger partial charge in [-0.05, 0) is 61.4 Å². The van der Waals surface area contributed by atoms with Crippen molar-refractivity contribution in [1.29, 1.82) is 0 Å². The largest absolute Gasteiger partial charge is 0.390 e. The average Bonchev–Trinajstić information content (AvgIpc) is 3.57. The zero-order chi connectivity index (χ0) is 24.8. The van der Waals surface area contributed by atoms with Crippen LogP contribution in [-0.2, 0) is 6.42 Å². The molecule has 0 amide bonds. The molecule has 1 aromatic carbocycles. The number of nitrogens with zero attached hydrogens (tertiary/aromatic N) is 4. The number of benzene rings is 1. The zero-order valence-corrected chi connectivity index (χ0v) is 21.3. The maximum atomic E-state index is 11.2. The second-order valence-corrected chi connectivity index (χ2v) is 11.1. The number of rotatable bonds is 5. The van der Waals surface area contributed by atoms with Crippen molar-refractivity contribution in [3.05, 3.63) is 58.4 Å². The lowest BCUT2D eigenvalue weighted by Gasteiger charge is -2.30. The number of nitrogen functional groups attached to an aromatic ring is 1. The van der Waals surface area contributed by atoms with Crippen LogP contribution in [0.3, 0.4) is 0 Å². The quantitative estimate of drug-likeness (QED) is 0.294. The Bertz CT molecular complexity index is 1370. The van der Waals surface area contributed by atoms with E-state index in [1.807, 2.05) is 29.0 Å². The summed E-state index contributed by atoms with van der Waals surface area (Å²) in [7, 11) is 0. The van der Waals surface area contributed by atoms with E-state index in [4.69, 9.17) is 22.3 Å². The first-order valence-corrected chi connectivity index (χ1v) is 13.6. The van der Waals surface area contributed by atoms with E-state index in [9.17, 15) is 10.2 Å². The molecule has 0 bridgehead atoms. The highest BCUT2D eigenvalue weighted by Gasteiger charge is 2.46. The molecule has 0 radical (unpaired) electrons. The molecule has 1 aliphatic heterocycles. The van der Waals surface area contributed by atoms with Crippen LogP contribution in [0.2, 0.25) is 5.28 Å². The normalized spacial score (nSPS) is 25.1. The van der Waals surface area contributed by atoms with Gasteiger partial charge in [0, 0.05) is 23.6 Å². The molecule has 36 heavy (non-hydrogen) atoms. The van der Waals surface area contributed by atoms with Crippen LogP contribution in [0.5, 0.6) is 0 Å². The topological polar surface area (TPSA) is 122 Å². The number of nitrogens with one attached hydrogen (secondary N) is 1. The summed E-state index contributed by atoms with van der Waals surface area (Å²) in [5, 5.41) is 29.1. The first-order valence-electron chi connectivity index (χ1n) is 12.4. The van der Waals surface area contributed by atoms with Gasteiger partial charge in [0.15, 0.2) is 0 Å². The molecule has 4 atom stereocenters. The van der Waals surface area contributed by atoms with Gasteiger partial charge in [-0.2, -0.15) is 4.98 Å². The van der Waals surface area contributed by atoms with E-state index in [0.717, 1.165) is 48.6 Å². The first-order chi connectivity index (χ1) is 17.5. The van der Waals surface area contributed by atoms with E-state index in [1.54, 1.807) is 11.3 Å². The zero-order valence-electron chi connectivity index (χ0n) is 19.7. The van der Waals surface area contributed by atoms with Crippen LogP contribution in [0.1, 0.15) is 36.6 Å². The summed E-state index contributed by atoms with van der Waals surface area (Å²) in [5.41, 5.74) is 9.89. The van der Waals surface area contributed by atoms with Crippen LogP contribution < -0.4 is 11.1 Å². The van der Waals surface area contributed by atoms with Crippen LogP contribution in [0.4, 0.5) is 5.82 Å². The molecule has 4 aromatic rings. The van der Waals surface area contributed by atoms with Crippen molar-refractivity contribution in [2.75, 3.05) is 18.8 Å². The Morgan fingerprint density at radius 1 is 1.08 bits per heavy atom. The van der Waals surface area contributed by atoms with Crippen LogP contribution in [-0.4, -0.2) is 55.0 Å². The van der Waals surface area contributed by atoms with Gasteiger partial charge in [-0.3, -0.25) is 0 Å². The molecule has 1 unspecified atom stereocenters. The number of aromatic nitrogens is 4. The predicted molar refractivity (Wildman–Crippen MR) is 142 cm³/mol. The average molecular weight is 525 g/mol. The molecule has 1 saturated carbocycles. The number of nitrogens with two attached hydrogens (primary N) is 1. The molecular weight excluding hydrogens is 496 g/mol. The third kappa shape index (κ3) is 4.29. The van der Waals surface area contributed by atoms with Gasteiger partial charge in [0.1, 0.15) is 22.6 Å². The first kappa shape index (κ1) is 23.8. The number of hydrogen-bond donors (Lipinski definition) is 4. The molecule has 1 saturated heterocycles. The fraction of sp³-hybridized carbons (Fsp3) is 0.423. The van der Waals surface area contributed by atoms with Gasteiger partial charge in [0.25, 0.3) is 0 Å². The highest BCUT2D eigenvalue weighted by Crippen LogP contribution is 2.45. The maximum Gasteiger partial charge on any atom is 0.226 e. The number of fused-ring (bicyclic) bond motifs is 1. The lowest BCUT2D eigenvalue weighted by molar-refractivity contribution is -0.00767. The number of piperidine rings is 1. The molecule has 1 aliphatic carbocycles. The van der Waals surface area contributed by atoms with Gasteiger partial charge in [-0.1, -0.05) is 30.3 Å². The van der Waals surface area contributed by atoms with Crippen molar-refractivity contribution >= 4 is 39.8 Å². The number of halogens is 1. The molecule has 5 N–H and O–H groups in total. The van der Waals surface area contributed by atoms with Crippen molar-refractivity contribution in [3.8, 4) is 10.6 Å². The number of aliphatic hydroxyl groups is 2. The lowest BCUT2D eigenvalue weighted by Crippen LogP contribution is -2.37. The number of aliphatic hydroxyl groups excluding tert-OH is 2. The minimum absolute atomic E-state index is 0.0278. The van der Waals surface area contributed by atoms with Crippen molar-refractivity contribution in [3.63, 3.8) is 0 Å². The predicted octanol–water partition coefficient (Wildman–Crippen LogP) is 3.66. The maximum absolute atomic E-state index is 11.2. The van der Waals surface area contributed by atoms with Crippen molar-refractivity contribution in [2.45, 2.75) is 43.9 Å². The van der Waals surface area contributed by atoms with E-state index in [1.165, 1.54) is 5.56 Å². The number of anilines is 1. The molecule has 6 rings (SSSR count). The van der Waals surface area contributed by atoms with E-state index >= 15 is 0 Å². The van der Waals surface area contributed by atoms with Crippen LogP contribution in [0.15, 0.2) is 41.9 Å². The summed E-state index contributed by atoms with van der Waals surface area (Å²) in [6.07, 6.45) is 3.65. The molecule has 2 aliphatic rings. The van der Waals surface area contributed by atoms with Crippen molar-refractivity contribution in [1.82, 2.24) is 24.8 Å². The Morgan fingerprint density at radius 2 is 1.86 bits per heavy atom. The second kappa shape index (κ2) is 9.72. The highest BCUT2D eigenvalue weighted by atomic mass is 35.5. The van der Waals surface area contributed by atoms with Crippen LogP contribution in [0, 0.1) is 11.8 Å². The Hall–Kier alpha value is -2.56. The number of thiazole rings is 1. The minimum Gasteiger partial charge on any atom is -0.390 e. The monoisotopic (exact) mass is 524 g/mol. The summed E-state index contributed by atoms with van der Waals surface area (Å²) in [6.45, 7) is 1.89. The van der Waals surface area contributed by atoms with Crippen molar-refractivity contribution < 1.29 is 10.2 Å². The van der Waals surface area contributed by atoms with E-state index < -0.39 is 12.2 Å². The Morgan fingerprint density at radius 3 is 2.64 bits per heavy atom. The fourth-order valence-electron chi connectivity index (χ4n) is 5.94. The van der Waals surface area contributed by atoms with Crippen LogP contribution >= 0.6 is 22.9 Å². The Kier molecular flexibility index (Phi) is 6.43. The van der Waals surface area contributed by atoms with E-state index in [-0.39, 0.29) is 23.1 Å². The molecular formula is C26H29ClN6O2S. The fourth-order valence-corrected chi connectivity index (χ4v) is 6.95. The van der Waals surface area contributed by atoms with Crippen LogP contribution in [0.25, 0.3) is 21.6 Å². The summed E-state index contributed by atoms with van der Waals surface area (Å²) in [4.78, 5) is 13.6. The highest BCUT2D eigenvalue weighted by molar-refractivity contribution is 7.13. The van der Waals surface area contributed by atoms with Gasteiger partial charge in [0.2, 0.25) is 5.28 Å². The summed E-state index contributed by atoms with van der Waals surface area (Å²) in [6, 6.07) is 9.88. The minimum atomic E-state index is -0.909. The third-order valence-corrected chi connectivity index (χ3v) is 8.82. The summed E-state index contributed by atoms with van der Waals surface area (Å²) in [5.74, 6) is 0.687. The van der Waals surface area contributed by atoms with Gasteiger partial charge in [-0.25, -0.2) is 9.97 Å². The molecule has 188 valence electrons. The van der Waals surface area contributed by atoms with E-state index in [0.29, 0.717) is 23.4 Å². The molecule has 8 nitrogen and oxygen atoms in total. The van der Waals surface area contributed by atoms with Gasteiger partial charge in [-0.15, -0.1) is 11.3 Å². The lowest BCUT2D eigenvalue weighted by atomic mass is 9.82. The molecule has 3 aromatic heterocycles. The summed E-state index contributed by atoms with van der Waals surface area (Å²) >= 11 is 7.76. The van der Waals surface area contributed by atoms with Gasteiger partial charge >= 0.3 is 0 Å². The van der Waals surface area contributed by atoms with Gasteiger partial charge < -0.3 is 25.8 Å². The SMILES string of the molecule is Nc1nc(Cl)nc2c1c(-c1nc(Cc3ccccc3)cs1)cn2[C@@H]1CC(C2CCNCC2)[C@@H](O)[C@H]1O. The standard InChI is InChI=1S/C26H29ClN6O2S/c27-26-31-23(28)20-18(25-30-16(13-36-25)10-14-4-2-1-3-5-14)12-33(24(20)32-26)19-11-17(21(34)22(19)35)15-6-8-29-9-7-15/h1-5,12-13,15,17,19,21-22,29,34-35H,6-11H2,(H2,28,31,32)/t17?,19-,21-,22+/m1/s1. The van der Waals surface area contributed by atoms with Crippen molar-refractivity contribution in [2.24, 2.45) is 11.8 Å². The Labute approximate surface area is 218 Å². The smallest absolute Gasteiger partial charge is 0.226 e. The molecule has 10 heteroatoms. The molecule has 4 heterocycles.